The first-order chi connectivity index (χ1) is 8.09. The monoisotopic (exact) mass is 272 g/mol. The Bertz CT molecular complexity index is 597. The van der Waals surface area contributed by atoms with Crippen molar-refractivity contribution in [2.45, 2.75) is 11.7 Å². The molecule has 2 rings (SSSR count). The standard InChI is InChI=1S/C9H9ClN4O2S/c10-8-4-2-1-3-7(8)5-13-17(15,16)9-11-6-12-14-9/h1-4,6,13H,5H2,(H,11,12,14). The van der Waals surface area contributed by atoms with E-state index in [0.717, 1.165) is 6.33 Å². The van der Waals surface area contributed by atoms with E-state index in [4.69, 9.17) is 11.6 Å². The number of benzene rings is 1. The fourth-order valence-electron chi connectivity index (χ4n) is 1.21. The summed E-state index contributed by atoms with van der Waals surface area (Å²) in [6.45, 7) is 0.0999. The maximum atomic E-state index is 11.7. The number of nitrogens with one attached hydrogen (secondary N) is 2. The summed E-state index contributed by atoms with van der Waals surface area (Å²) in [5, 5.41) is 6.05. The number of halogens is 1. The number of aromatic nitrogens is 3. The van der Waals surface area contributed by atoms with E-state index in [0.29, 0.717) is 10.6 Å². The number of rotatable bonds is 4. The first-order valence-electron chi connectivity index (χ1n) is 4.68. The zero-order chi connectivity index (χ0) is 12.3. The molecule has 17 heavy (non-hydrogen) atoms. The molecule has 0 atom stereocenters. The van der Waals surface area contributed by atoms with Crippen molar-refractivity contribution in [1.82, 2.24) is 19.9 Å². The van der Waals surface area contributed by atoms with Gasteiger partial charge < -0.3 is 0 Å². The van der Waals surface area contributed by atoms with Gasteiger partial charge in [-0.25, -0.2) is 23.2 Å². The van der Waals surface area contributed by atoms with Crippen molar-refractivity contribution in [1.29, 1.82) is 0 Å². The van der Waals surface area contributed by atoms with Gasteiger partial charge in [-0.05, 0) is 11.6 Å². The molecule has 1 aromatic carbocycles. The maximum Gasteiger partial charge on any atom is 0.276 e. The fraction of sp³-hybridized carbons (Fsp3) is 0.111. The summed E-state index contributed by atoms with van der Waals surface area (Å²) in [6.07, 6.45) is 1.13. The van der Waals surface area contributed by atoms with E-state index in [1.807, 2.05) is 0 Å². The van der Waals surface area contributed by atoms with E-state index in [2.05, 4.69) is 19.9 Å². The molecule has 2 N–H and O–H groups in total. The van der Waals surface area contributed by atoms with Crippen LogP contribution in [0.4, 0.5) is 0 Å². The lowest BCUT2D eigenvalue weighted by Crippen LogP contribution is -2.24. The molecule has 0 radical (unpaired) electrons. The molecule has 6 nitrogen and oxygen atoms in total. The fourth-order valence-corrected chi connectivity index (χ4v) is 2.25. The highest BCUT2D eigenvalue weighted by molar-refractivity contribution is 7.89. The Morgan fingerprint density at radius 1 is 1.35 bits per heavy atom. The average molecular weight is 273 g/mol. The lowest BCUT2D eigenvalue weighted by Gasteiger charge is -2.05. The molecule has 0 spiro atoms. The van der Waals surface area contributed by atoms with Crippen molar-refractivity contribution in [3.05, 3.63) is 41.2 Å². The van der Waals surface area contributed by atoms with Gasteiger partial charge in [0.15, 0.2) is 0 Å². The first kappa shape index (κ1) is 12.0. The molecule has 0 saturated heterocycles. The lowest BCUT2D eigenvalue weighted by atomic mass is 10.2. The minimum absolute atomic E-state index is 0.0999. The molecule has 1 heterocycles. The third-order valence-corrected chi connectivity index (χ3v) is 3.66. The summed E-state index contributed by atoms with van der Waals surface area (Å²) < 4.78 is 25.8. The van der Waals surface area contributed by atoms with Gasteiger partial charge in [0.05, 0.1) is 0 Å². The molecule has 0 unspecified atom stereocenters. The van der Waals surface area contributed by atoms with Gasteiger partial charge in [0.25, 0.3) is 15.2 Å². The maximum absolute atomic E-state index is 11.7. The zero-order valence-electron chi connectivity index (χ0n) is 8.59. The van der Waals surface area contributed by atoms with Gasteiger partial charge in [0.2, 0.25) is 0 Å². The van der Waals surface area contributed by atoms with Gasteiger partial charge in [0, 0.05) is 11.6 Å². The highest BCUT2D eigenvalue weighted by Gasteiger charge is 2.17. The highest BCUT2D eigenvalue weighted by Crippen LogP contribution is 2.15. The number of sulfonamides is 1. The van der Waals surface area contributed by atoms with Crippen LogP contribution in [0.5, 0.6) is 0 Å². The summed E-state index contributed by atoms with van der Waals surface area (Å²) >= 11 is 5.91. The average Bonchev–Trinajstić information content (AvgIpc) is 2.82. The van der Waals surface area contributed by atoms with Gasteiger partial charge >= 0.3 is 0 Å². The predicted octanol–water partition coefficient (Wildman–Crippen LogP) is 0.937. The molecule has 1 aromatic heterocycles. The Labute approximate surface area is 103 Å². The minimum atomic E-state index is -3.67. The van der Waals surface area contributed by atoms with Crippen molar-refractivity contribution < 1.29 is 8.42 Å². The Hall–Kier alpha value is -1.44. The number of hydrogen-bond donors (Lipinski definition) is 2. The van der Waals surface area contributed by atoms with Crippen molar-refractivity contribution in [3.8, 4) is 0 Å². The van der Waals surface area contributed by atoms with E-state index in [9.17, 15) is 8.42 Å². The van der Waals surface area contributed by atoms with E-state index in [1.165, 1.54) is 0 Å². The Balaban J connectivity index is 2.12. The predicted molar refractivity (Wildman–Crippen MR) is 61.9 cm³/mol. The van der Waals surface area contributed by atoms with E-state index in [-0.39, 0.29) is 11.7 Å². The molecule has 2 aromatic rings. The van der Waals surface area contributed by atoms with Crippen LogP contribution in [0.3, 0.4) is 0 Å². The topological polar surface area (TPSA) is 87.7 Å². The molecule has 0 fully saturated rings. The van der Waals surface area contributed by atoms with Crippen LogP contribution in [0.1, 0.15) is 5.56 Å². The highest BCUT2D eigenvalue weighted by atomic mass is 35.5. The molecule has 0 aliphatic carbocycles. The SMILES string of the molecule is O=S(=O)(NCc1ccccc1Cl)c1ncn[nH]1. The molecule has 0 aliphatic heterocycles. The van der Waals surface area contributed by atoms with Crippen LogP contribution in [-0.4, -0.2) is 23.6 Å². The summed E-state index contributed by atoms with van der Waals surface area (Å²) in [7, 11) is -3.67. The van der Waals surface area contributed by atoms with Crippen LogP contribution in [-0.2, 0) is 16.6 Å². The smallest absolute Gasteiger partial charge is 0.249 e. The first-order valence-corrected chi connectivity index (χ1v) is 6.54. The quantitative estimate of drug-likeness (QED) is 0.867. The zero-order valence-corrected chi connectivity index (χ0v) is 10.2. The molecule has 0 amide bonds. The number of nitrogens with zero attached hydrogens (tertiary/aromatic N) is 2. The third kappa shape index (κ3) is 2.82. The van der Waals surface area contributed by atoms with Gasteiger partial charge in [-0.3, -0.25) is 0 Å². The Morgan fingerprint density at radius 3 is 2.76 bits per heavy atom. The van der Waals surface area contributed by atoms with Crippen LogP contribution < -0.4 is 4.72 Å². The van der Waals surface area contributed by atoms with Crippen LogP contribution in [0.15, 0.2) is 35.7 Å². The number of hydrogen-bond acceptors (Lipinski definition) is 4. The van der Waals surface area contributed by atoms with Gasteiger partial charge in [0.1, 0.15) is 6.33 Å². The minimum Gasteiger partial charge on any atom is -0.249 e. The largest absolute Gasteiger partial charge is 0.276 e. The Morgan fingerprint density at radius 2 is 2.12 bits per heavy atom. The molecular weight excluding hydrogens is 264 g/mol. The third-order valence-electron chi connectivity index (χ3n) is 2.06. The molecule has 0 aliphatic rings. The summed E-state index contributed by atoms with van der Waals surface area (Å²) in [5.41, 5.74) is 0.692. The summed E-state index contributed by atoms with van der Waals surface area (Å²) in [4.78, 5) is 3.57. The van der Waals surface area contributed by atoms with Crippen LogP contribution in [0, 0.1) is 0 Å². The van der Waals surface area contributed by atoms with Crippen LogP contribution >= 0.6 is 11.6 Å². The summed E-state index contributed by atoms with van der Waals surface area (Å²) in [5.74, 6) is 0. The normalized spacial score (nSPS) is 11.6. The second kappa shape index (κ2) is 4.82. The molecular formula is C9H9ClN4O2S. The van der Waals surface area contributed by atoms with Crippen molar-refractivity contribution >= 4 is 21.6 Å². The lowest BCUT2D eigenvalue weighted by molar-refractivity contribution is 0.572. The van der Waals surface area contributed by atoms with E-state index in [1.54, 1.807) is 24.3 Å². The number of aromatic amines is 1. The van der Waals surface area contributed by atoms with Crippen molar-refractivity contribution in [2.75, 3.05) is 0 Å². The van der Waals surface area contributed by atoms with E-state index < -0.39 is 10.0 Å². The van der Waals surface area contributed by atoms with Gasteiger partial charge in [-0.2, -0.15) is 5.10 Å². The van der Waals surface area contributed by atoms with Crippen LogP contribution in [0.2, 0.25) is 5.02 Å². The summed E-state index contributed by atoms with van der Waals surface area (Å²) in [6, 6.07) is 6.99. The van der Waals surface area contributed by atoms with Gasteiger partial charge in [-0.1, -0.05) is 29.8 Å². The molecule has 90 valence electrons. The second-order valence-corrected chi connectivity index (χ2v) is 5.30. The van der Waals surface area contributed by atoms with E-state index >= 15 is 0 Å². The molecule has 0 bridgehead atoms. The Kier molecular flexibility index (Phi) is 3.41. The molecule has 0 saturated carbocycles. The van der Waals surface area contributed by atoms with Crippen molar-refractivity contribution in [3.63, 3.8) is 0 Å². The second-order valence-electron chi connectivity index (χ2n) is 3.21. The van der Waals surface area contributed by atoms with Gasteiger partial charge in [-0.15, -0.1) is 0 Å². The van der Waals surface area contributed by atoms with Crippen molar-refractivity contribution in [2.24, 2.45) is 0 Å². The molecule has 8 heteroatoms. The number of H-pyrrole nitrogens is 1. The van der Waals surface area contributed by atoms with Crippen LogP contribution in [0.25, 0.3) is 0 Å².